The van der Waals surface area contributed by atoms with E-state index in [-0.39, 0.29) is 0 Å². The summed E-state index contributed by atoms with van der Waals surface area (Å²) in [4.78, 5) is 0. The van der Waals surface area contributed by atoms with Crippen LogP contribution in [0.2, 0.25) is 0 Å². The molecule has 1 fully saturated rings. The van der Waals surface area contributed by atoms with Gasteiger partial charge in [0.1, 0.15) is 0 Å². The van der Waals surface area contributed by atoms with Crippen LogP contribution in [0.4, 0.5) is 0 Å². The van der Waals surface area contributed by atoms with Crippen molar-refractivity contribution in [1.82, 2.24) is 0 Å². The molecule has 0 aromatic carbocycles. The van der Waals surface area contributed by atoms with Crippen molar-refractivity contribution in [2.24, 2.45) is 5.92 Å². The van der Waals surface area contributed by atoms with Gasteiger partial charge in [0.2, 0.25) is 0 Å². The predicted molar refractivity (Wildman–Crippen MR) is 180 cm³/mol. The highest BCUT2D eigenvalue weighted by molar-refractivity contribution is 14.1. The maximum Gasteiger partial charge on any atom is 0.0893 e. The zero-order chi connectivity index (χ0) is 27.6. The molecule has 0 bridgehead atoms. The lowest BCUT2D eigenvalue weighted by Crippen LogP contribution is -2.18. The first-order chi connectivity index (χ1) is 18.5. The van der Waals surface area contributed by atoms with E-state index in [9.17, 15) is 5.11 Å². The average molecular weight is 645 g/mol. The first-order valence-corrected chi connectivity index (χ1v) is 18.7. The average Bonchev–Trinajstić information content (AvgIpc) is 2.88. The number of halogens is 1. The van der Waals surface area contributed by atoms with E-state index in [1.165, 1.54) is 186 Å². The maximum atomic E-state index is 10.00. The zero-order valence-corrected chi connectivity index (χ0v) is 28.4. The van der Waals surface area contributed by atoms with Crippen LogP contribution in [0, 0.1) is 5.92 Å². The Morgan fingerprint density at radius 3 is 1.24 bits per heavy atom. The van der Waals surface area contributed by atoms with Gasteiger partial charge in [-0.3, -0.25) is 0 Å². The molecule has 2 heteroatoms. The van der Waals surface area contributed by atoms with Crippen LogP contribution in [0.1, 0.15) is 206 Å². The molecular weight excluding hydrogens is 575 g/mol. The third-order valence-corrected chi connectivity index (χ3v) is 10.7. The van der Waals surface area contributed by atoms with Gasteiger partial charge >= 0.3 is 0 Å². The van der Waals surface area contributed by atoms with Gasteiger partial charge in [0.15, 0.2) is 0 Å². The van der Waals surface area contributed by atoms with Crippen molar-refractivity contribution in [1.29, 1.82) is 0 Å². The number of unbranched alkanes of at least 4 members (excludes halogenated alkanes) is 7. The summed E-state index contributed by atoms with van der Waals surface area (Å²) in [6.07, 6.45) is 45.9. The summed E-state index contributed by atoms with van der Waals surface area (Å²) in [7, 11) is 0. The normalized spacial score (nSPS) is 20.5. The van der Waals surface area contributed by atoms with Crippen LogP contribution >= 0.6 is 22.6 Å². The lowest BCUT2D eigenvalue weighted by molar-refractivity contribution is 0.131. The molecule has 0 saturated heterocycles. The highest BCUT2D eigenvalue weighted by atomic mass is 127. The monoisotopic (exact) mass is 644 g/mol. The second kappa shape index (κ2) is 26.3. The molecular formula is C36H69IO. The van der Waals surface area contributed by atoms with Crippen LogP contribution in [-0.4, -0.2) is 10.7 Å². The standard InChI is InChI=1S/C36H69IO/c1-36(2,38)35(37)33-29-25-21-17-16-20-24-28-32-34-30-26-22-18-14-12-10-8-6-4-3-5-7-9-11-13-15-19-23-27-31-34/h33-34,38H,3-32H2,1-2H3. The fraction of sp³-hybridized carbons (Fsp3) is 0.944. The Morgan fingerprint density at radius 2 is 0.868 bits per heavy atom. The second-order valence-electron chi connectivity index (χ2n) is 13.3. The molecule has 1 nitrogen and oxygen atoms in total. The molecule has 0 spiro atoms. The van der Waals surface area contributed by atoms with E-state index in [2.05, 4.69) is 28.7 Å². The molecule has 0 aliphatic heterocycles. The van der Waals surface area contributed by atoms with E-state index >= 15 is 0 Å². The van der Waals surface area contributed by atoms with Gasteiger partial charge in [-0.2, -0.15) is 0 Å². The topological polar surface area (TPSA) is 20.2 Å². The summed E-state index contributed by atoms with van der Waals surface area (Å²) < 4.78 is 1.08. The Morgan fingerprint density at radius 1 is 0.553 bits per heavy atom. The Bertz CT molecular complexity index is 498. The van der Waals surface area contributed by atoms with Crippen molar-refractivity contribution in [3.63, 3.8) is 0 Å². The third-order valence-electron chi connectivity index (χ3n) is 8.95. The van der Waals surface area contributed by atoms with E-state index in [0.717, 1.165) is 15.9 Å². The van der Waals surface area contributed by atoms with Gasteiger partial charge in [-0.1, -0.05) is 186 Å². The summed E-state index contributed by atoms with van der Waals surface area (Å²) in [5.74, 6) is 1.01. The predicted octanol–water partition coefficient (Wildman–Crippen LogP) is 13.4. The molecule has 0 aromatic heterocycles. The van der Waals surface area contributed by atoms with Crippen molar-refractivity contribution in [2.75, 3.05) is 0 Å². The van der Waals surface area contributed by atoms with E-state index < -0.39 is 5.60 Å². The van der Waals surface area contributed by atoms with Crippen LogP contribution < -0.4 is 0 Å². The number of hydrogen-bond donors (Lipinski definition) is 1. The largest absolute Gasteiger partial charge is 0.385 e. The van der Waals surface area contributed by atoms with E-state index in [4.69, 9.17) is 0 Å². The van der Waals surface area contributed by atoms with E-state index in [1.807, 2.05) is 13.8 Å². The first kappa shape index (κ1) is 36.5. The van der Waals surface area contributed by atoms with Gasteiger partial charge in [-0.15, -0.1) is 0 Å². The first-order valence-electron chi connectivity index (χ1n) is 17.6. The van der Waals surface area contributed by atoms with Crippen molar-refractivity contribution in [3.8, 4) is 0 Å². The van der Waals surface area contributed by atoms with Crippen LogP contribution in [0.25, 0.3) is 0 Å². The Kier molecular flexibility index (Phi) is 25.3. The van der Waals surface area contributed by atoms with Gasteiger partial charge in [0.25, 0.3) is 0 Å². The molecule has 1 aliphatic rings. The quantitative estimate of drug-likeness (QED) is 0.175. The molecule has 38 heavy (non-hydrogen) atoms. The summed E-state index contributed by atoms with van der Waals surface area (Å²) in [6, 6.07) is 0. The minimum absolute atomic E-state index is 0.664. The highest BCUT2D eigenvalue weighted by Crippen LogP contribution is 2.26. The van der Waals surface area contributed by atoms with Crippen LogP contribution in [-0.2, 0) is 0 Å². The molecule has 0 amide bonds. The third kappa shape index (κ3) is 24.2. The molecule has 1 N–H and O–H groups in total. The molecule has 1 aliphatic carbocycles. The van der Waals surface area contributed by atoms with Gasteiger partial charge in [-0.25, -0.2) is 0 Å². The molecule has 0 unspecified atom stereocenters. The Labute approximate surface area is 254 Å². The summed E-state index contributed by atoms with van der Waals surface area (Å²) in [6.45, 7) is 3.76. The number of rotatable bonds is 11. The van der Waals surface area contributed by atoms with Gasteiger partial charge in [0.05, 0.1) is 5.60 Å². The van der Waals surface area contributed by atoms with Crippen LogP contribution in [0.5, 0.6) is 0 Å². The molecule has 1 rings (SSSR count). The van der Waals surface area contributed by atoms with Crippen LogP contribution in [0.15, 0.2) is 9.66 Å². The fourth-order valence-electron chi connectivity index (χ4n) is 6.24. The Hall–Kier alpha value is 0.430. The molecule has 0 radical (unpaired) electrons. The van der Waals surface area contributed by atoms with Crippen molar-refractivity contribution >= 4 is 22.6 Å². The lowest BCUT2D eigenvalue weighted by atomic mass is 9.89. The van der Waals surface area contributed by atoms with E-state index in [0.29, 0.717) is 0 Å². The fourth-order valence-corrected chi connectivity index (χ4v) is 6.56. The van der Waals surface area contributed by atoms with E-state index in [1.54, 1.807) is 0 Å². The van der Waals surface area contributed by atoms with Gasteiger partial charge < -0.3 is 5.11 Å². The van der Waals surface area contributed by atoms with Gasteiger partial charge in [0, 0.05) is 3.58 Å². The SMILES string of the molecule is CC(C)(O)C(I)=CCCCCCCCCCC1CCCCCCCCCCCCCCCCCCCCC1. The van der Waals surface area contributed by atoms with Crippen LogP contribution in [0.3, 0.4) is 0 Å². The molecule has 0 heterocycles. The molecule has 0 atom stereocenters. The van der Waals surface area contributed by atoms with Crippen molar-refractivity contribution in [3.05, 3.63) is 9.66 Å². The molecule has 1 saturated carbocycles. The summed E-state index contributed by atoms with van der Waals surface area (Å²) in [5, 5.41) is 10.00. The zero-order valence-electron chi connectivity index (χ0n) is 26.2. The lowest BCUT2D eigenvalue weighted by Gasteiger charge is -2.17. The minimum atomic E-state index is -0.664. The summed E-state index contributed by atoms with van der Waals surface area (Å²) in [5.41, 5.74) is -0.664. The van der Waals surface area contributed by atoms with Crippen molar-refractivity contribution in [2.45, 2.75) is 212 Å². The second-order valence-corrected chi connectivity index (χ2v) is 14.5. The Balaban J connectivity index is 2.17. The number of allylic oxidation sites excluding steroid dienone is 1. The smallest absolute Gasteiger partial charge is 0.0893 e. The number of aliphatic hydroxyl groups is 1. The summed E-state index contributed by atoms with van der Waals surface area (Å²) >= 11 is 2.29. The number of hydrogen-bond acceptors (Lipinski definition) is 1. The maximum absolute atomic E-state index is 10.00. The van der Waals surface area contributed by atoms with Gasteiger partial charge in [-0.05, 0) is 55.2 Å². The minimum Gasteiger partial charge on any atom is -0.385 e. The molecule has 0 aromatic rings. The van der Waals surface area contributed by atoms with Crippen molar-refractivity contribution < 1.29 is 5.11 Å². The molecule has 226 valence electrons. The highest BCUT2D eigenvalue weighted by Gasteiger charge is 2.15.